The van der Waals surface area contributed by atoms with Crippen LogP contribution in [0.1, 0.15) is 32.8 Å². The van der Waals surface area contributed by atoms with Crippen LogP contribution in [0.25, 0.3) is 0 Å². The Balaban J connectivity index is 2.60. The lowest BCUT2D eigenvalue weighted by Gasteiger charge is -2.30. The van der Waals surface area contributed by atoms with Gasteiger partial charge in [-0.05, 0) is 37.0 Å². The number of carbonyl (C=O) groups excluding carboxylic acids is 1. The van der Waals surface area contributed by atoms with E-state index in [1.165, 1.54) is 24.3 Å². The van der Waals surface area contributed by atoms with Crippen LogP contribution in [0.2, 0.25) is 0 Å². The second-order valence-electron chi connectivity index (χ2n) is 7.63. The van der Waals surface area contributed by atoms with Crippen LogP contribution in [-0.2, 0) is 26.1 Å². The zero-order valence-corrected chi connectivity index (χ0v) is 19.2. The summed E-state index contributed by atoms with van der Waals surface area (Å²) in [6.07, 6.45) is 0.139. The Bertz CT molecular complexity index is 1120. The normalized spacial score (nSPS) is 12.5. The highest BCUT2D eigenvalue weighted by Gasteiger charge is 2.37. The molecule has 2 aromatic rings. The van der Waals surface area contributed by atoms with E-state index in [4.69, 9.17) is 4.74 Å². The first kappa shape index (κ1) is 25.9. The minimum absolute atomic E-state index is 0.0374. The summed E-state index contributed by atoms with van der Waals surface area (Å²) in [5, 5.41) is 22.1. The highest BCUT2D eigenvalue weighted by molar-refractivity contribution is 7.89. The minimum atomic E-state index is -4.34. The number of ether oxygens (including phenoxy) is 1. The molecule has 0 N–H and O–H groups in total. The zero-order chi connectivity index (χ0) is 24.8. The first-order valence-electron chi connectivity index (χ1n) is 10.1. The lowest BCUT2D eigenvalue weighted by Crippen LogP contribution is -2.46. The monoisotopic (exact) mass is 479 g/mol. The molecule has 0 bridgehead atoms. The Hall–Kier alpha value is -3.38. The van der Waals surface area contributed by atoms with E-state index in [2.05, 4.69) is 0 Å². The molecule has 1 atom stereocenters. The Morgan fingerprint density at radius 2 is 1.64 bits per heavy atom. The number of hydrogen-bond acceptors (Lipinski definition) is 8. The summed E-state index contributed by atoms with van der Waals surface area (Å²) in [5.41, 5.74) is -0.215. The van der Waals surface area contributed by atoms with Gasteiger partial charge in [0, 0.05) is 30.8 Å². The van der Waals surface area contributed by atoms with Gasteiger partial charge in [0.15, 0.2) is 0 Å². The molecule has 0 amide bonds. The molecule has 0 saturated carbocycles. The van der Waals surface area contributed by atoms with Crippen molar-refractivity contribution < 1.29 is 27.8 Å². The molecular formula is C21H25N3O8S. The van der Waals surface area contributed by atoms with E-state index < -0.39 is 31.9 Å². The van der Waals surface area contributed by atoms with Crippen molar-refractivity contribution in [2.75, 3.05) is 6.61 Å². The molecule has 33 heavy (non-hydrogen) atoms. The maximum Gasteiger partial charge on any atom is 0.324 e. The second-order valence-corrected chi connectivity index (χ2v) is 9.52. The molecule has 12 heteroatoms. The van der Waals surface area contributed by atoms with Gasteiger partial charge in [-0.15, -0.1) is 0 Å². The molecule has 0 radical (unpaired) electrons. The number of hydrogen-bond donors (Lipinski definition) is 0. The number of non-ortho nitro benzene ring substituents is 2. The molecule has 11 nitrogen and oxygen atoms in total. The van der Waals surface area contributed by atoms with E-state index in [0.29, 0.717) is 5.56 Å². The predicted molar refractivity (Wildman–Crippen MR) is 119 cm³/mol. The van der Waals surface area contributed by atoms with Gasteiger partial charge in [0.2, 0.25) is 10.0 Å². The predicted octanol–water partition coefficient (Wildman–Crippen LogP) is 3.67. The molecule has 0 fully saturated rings. The van der Waals surface area contributed by atoms with Gasteiger partial charge in [-0.2, -0.15) is 4.31 Å². The zero-order valence-electron chi connectivity index (χ0n) is 18.4. The fourth-order valence-corrected chi connectivity index (χ4v) is 4.78. The average Bonchev–Trinajstić information content (AvgIpc) is 2.76. The van der Waals surface area contributed by atoms with Crippen molar-refractivity contribution in [2.24, 2.45) is 5.92 Å². The van der Waals surface area contributed by atoms with Crippen molar-refractivity contribution in [3.63, 3.8) is 0 Å². The third-order valence-corrected chi connectivity index (χ3v) is 6.58. The maximum atomic E-state index is 13.6. The molecule has 0 aromatic heterocycles. The number of sulfonamides is 1. The minimum Gasteiger partial charge on any atom is -0.465 e. The van der Waals surface area contributed by atoms with Crippen LogP contribution in [0.5, 0.6) is 0 Å². The lowest BCUT2D eigenvalue weighted by molar-refractivity contribution is -0.385. The van der Waals surface area contributed by atoms with Gasteiger partial charge in [-0.1, -0.05) is 26.0 Å². The van der Waals surface area contributed by atoms with Crippen LogP contribution >= 0.6 is 0 Å². The summed E-state index contributed by atoms with van der Waals surface area (Å²) in [4.78, 5) is 33.4. The molecule has 0 saturated heterocycles. The van der Waals surface area contributed by atoms with Crippen LogP contribution in [-0.4, -0.2) is 41.2 Å². The first-order valence-corrected chi connectivity index (χ1v) is 11.6. The standard InChI is InChI=1S/C21H25N3O8S/c1-4-32-21(25)20(12-15(2)3)22(14-16-6-5-7-18(13-16)24(28)29)33(30,31)19-10-8-17(9-11-19)23(26)27/h5-11,13,15,20H,4,12,14H2,1-3H3/t20-/m1/s1. The van der Waals surface area contributed by atoms with Gasteiger partial charge in [-0.25, -0.2) is 8.42 Å². The highest BCUT2D eigenvalue weighted by atomic mass is 32.2. The number of nitrogens with zero attached hydrogens (tertiary/aromatic N) is 3. The van der Waals surface area contributed by atoms with Crippen LogP contribution in [0.3, 0.4) is 0 Å². The number of benzene rings is 2. The Labute approximate surface area is 191 Å². The lowest BCUT2D eigenvalue weighted by atomic mass is 10.0. The van der Waals surface area contributed by atoms with Crippen LogP contribution in [0.4, 0.5) is 11.4 Å². The molecule has 2 aromatic carbocycles. The molecule has 0 heterocycles. The van der Waals surface area contributed by atoms with E-state index in [9.17, 15) is 33.4 Å². The average molecular weight is 480 g/mol. The summed E-state index contributed by atoms with van der Waals surface area (Å²) in [6, 6.07) is 8.53. The quantitative estimate of drug-likeness (QED) is 0.269. The van der Waals surface area contributed by atoms with E-state index in [1.807, 2.05) is 13.8 Å². The van der Waals surface area contributed by atoms with Gasteiger partial charge >= 0.3 is 5.97 Å². The molecule has 0 aliphatic rings. The van der Waals surface area contributed by atoms with E-state index >= 15 is 0 Å². The van der Waals surface area contributed by atoms with Gasteiger partial charge in [0.25, 0.3) is 11.4 Å². The Morgan fingerprint density at radius 1 is 1.03 bits per heavy atom. The fourth-order valence-electron chi connectivity index (χ4n) is 3.20. The maximum absolute atomic E-state index is 13.6. The Morgan fingerprint density at radius 3 is 2.15 bits per heavy atom. The third kappa shape index (κ3) is 6.56. The van der Waals surface area contributed by atoms with Crippen molar-refractivity contribution in [1.29, 1.82) is 0 Å². The van der Waals surface area contributed by atoms with Crippen molar-refractivity contribution in [3.8, 4) is 0 Å². The van der Waals surface area contributed by atoms with Crippen molar-refractivity contribution in [2.45, 2.75) is 44.7 Å². The van der Waals surface area contributed by atoms with E-state index in [-0.39, 0.29) is 41.8 Å². The van der Waals surface area contributed by atoms with Crippen molar-refractivity contribution >= 4 is 27.4 Å². The van der Waals surface area contributed by atoms with Gasteiger partial charge in [-0.3, -0.25) is 25.0 Å². The molecule has 0 aliphatic heterocycles. The third-order valence-electron chi connectivity index (χ3n) is 4.71. The van der Waals surface area contributed by atoms with Gasteiger partial charge in [0.05, 0.1) is 21.3 Å². The molecule has 0 spiro atoms. The summed E-state index contributed by atoms with van der Waals surface area (Å²) in [7, 11) is -4.34. The molecule has 2 rings (SSSR count). The Kier molecular flexibility index (Phi) is 8.60. The highest BCUT2D eigenvalue weighted by Crippen LogP contribution is 2.27. The summed E-state index contributed by atoms with van der Waals surface area (Å²) in [5.74, 6) is -0.832. The molecule has 178 valence electrons. The van der Waals surface area contributed by atoms with Crippen LogP contribution in [0, 0.1) is 26.1 Å². The van der Waals surface area contributed by atoms with Crippen molar-refractivity contribution in [1.82, 2.24) is 4.31 Å². The smallest absolute Gasteiger partial charge is 0.324 e. The van der Waals surface area contributed by atoms with Gasteiger partial charge in [0.1, 0.15) is 6.04 Å². The molecule has 0 aliphatic carbocycles. The SMILES string of the molecule is CCOC(=O)[C@@H](CC(C)C)N(Cc1cccc([N+](=O)[O-])c1)S(=O)(=O)c1ccc([N+](=O)[O-])cc1. The van der Waals surface area contributed by atoms with E-state index in [0.717, 1.165) is 28.6 Å². The van der Waals surface area contributed by atoms with Crippen molar-refractivity contribution in [3.05, 3.63) is 74.3 Å². The first-order chi connectivity index (χ1) is 15.5. The number of rotatable bonds is 11. The molecule has 0 unspecified atom stereocenters. The largest absolute Gasteiger partial charge is 0.465 e. The van der Waals surface area contributed by atoms with Crippen LogP contribution in [0.15, 0.2) is 53.4 Å². The van der Waals surface area contributed by atoms with Crippen LogP contribution < -0.4 is 0 Å². The number of esters is 1. The summed E-state index contributed by atoms with van der Waals surface area (Å²) >= 11 is 0. The second kappa shape index (κ2) is 11.0. The number of carbonyl (C=O) groups is 1. The van der Waals surface area contributed by atoms with Gasteiger partial charge < -0.3 is 4.74 Å². The fraction of sp³-hybridized carbons (Fsp3) is 0.381. The molecular weight excluding hydrogens is 454 g/mol. The summed E-state index contributed by atoms with van der Waals surface area (Å²) in [6.45, 7) is 4.93. The summed E-state index contributed by atoms with van der Waals surface area (Å²) < 4.78 is 33.2. The number of nitro benzene ring substituents is 2. The van der Waals surface area contributed by atoms with E-state index in [1.54, 1.807) is 6.92 Å². The topological polar surface area (TPSA) is 150 Å². The number of nitro groups is 2.